The number of ether oxygens (including phenoxy) is 1. The molecule has 0 radical (unpaired) electrons. The summed E-state index contributed by atoms with van der Waals surface area (Å²) in [6, 6.07) is 11.1. The molecule has 1 fully saturated rings. The Hall–Kier alpha value is -3.32. The third kappa shape index (κ3) is 5.05. The normalized spacial score (nSPS) is 18.7. The zero-order valence-corrected chi connectivity index (χ0v) is 19.9. The zero-order valence-electron chi connectivity index (χ0n) is 19.2. The highest BCUT2D eigenvalue weighted by Crippen LogP contribution is 2.35. The zero-order chi connectivity index (χ0) is 23.7. The van der Waals surface area contributed by atoms with E-state index in [1.807, 2.05) is 29.8 Å². The largest absolute Gasteiger partial charge is 0.495 e. The van der Waals surface area contributed by atoms with Gasteiger partial charge in [0.25, 0.3) is 0 Å². The summed E-state index contributed by atoms with van der Waals surface area (Å²) in [6.07, 6.45) is 8.51. The van der Waals surface area contributed by atoms with Crippen LogP contribution in [0.3, 0.4) is 0 Å². The second-order valence-corrected chi connectivity index (χ2v) is 8.95. The topological polar surface area (TPSA) is 51.9 Å². The second kappa shape index (κ2) is 10.5. The Morgan fingerprint density at radius 2 is 2.09 bits per heavy atom. The number of oxime groups is 1. The number of hydrogen-bond donors (Lipinski definition) is 0. The van der Waals surface area contributed by atoms with Crippen molar-refractivity contribution < 1.29 is 14.0 Å². The molecule has 0 unspecified atom stereocenters. The van der Waals surface area contributed by atoms with Crippen molar-refractivity contribution in [2.45, 2.75) is 39.7 Å². The maximum absolute atomic E-state index is 13.8. The Morgan fingerprint density at radius 1 is 1.23 bits per heavy atom. The van der Waals surface area contributed by atoms with Crippen molar-refractivity contribution in [1.29, 1.82) is 0 Å². The first kappa shape index (κ1) is 24.8. The third-order valence-electron chi connectivity index (χ3n) is 6.28. The van der Waals surface area contributed by atoms with Gasteiger partial charge in [-0.3, -0.25) is 0 Å². The maximum Gasteiger partial charge on any atom is 0.171 e. The van der Waals surface area contributed by atoms with Gasteiger partial charge in [0.2, 0.25) is 0 Å². The number of piperidine rings is 1. The maximum atomic E-state index is 13.8. The van der Waals surface area contributed by atoms with E-state index in [-0.39, 0.29) is 18.5 Å². The van der Waals surface area contributed by atoms with Crippen molar-refractivity contribution >= 4 is 23.5 Å². The van der Waals surface area contributed by atoms with Crippen LogP contribution in [0.5, 0.6) is 5.75 Å². The lowest BCUT2D eigenvalue weighted by Gasteiger charge is -2.36. The van der Waals surface area contributed by atoms with Crippen LogP contribution in [0, 0.1) is 12.7 Å². The van der Waals surface area contributed by atoms with Crippen molar-refractivity contribution in [2.24, 2.45) is 5.16 Å². The first-order valence-corrected chi connectivity index (χ1v) is 11.7. The van der Waals surface area contributed by atoms with Gasteiger partial charge in [0.05, 0.1) is 35.9 Å². The van der Waals surface area contributed by atoms with Crippen LogP contribution < -0.4 is 4.74 Å². The minimum absolute atomic E-state index is 0. The molecule has 0 N–H and O–H groups in total. The third-order valence-corrected chi connectivity index (χ3v) is 6.57. The van der Waals surface area contributed by atoms with Crippen molar-refractivity contribution in [3.63, 3.8) is 0 Å². The minimum Gasteiger partial charge on any atom is -0.495 e. The molecule has 35 heavy (non-hydrogen) atoms. The second-order valence-electron chi connectivity index (χ2n) is 8.55. The SMILES string of the molecule is C.COc1cc(/C=C2\CCCN3C2=NOCC[C@@H]3c2ccc(F)c(Cl)c2)ccc1-n1cnc(C)c1. The van der Waals surface area contributed by atoms with Gasteiger partial charge in [-0.25, -0.2) is 9.37 Å². The number of amidine groups is 1. The predicted molar refractivity (Wildman–Crippen MR) is 138 cm³/mol. The van der Waals surface area contributed by atoms with Gasteiger partial charge < -0.3 is 19.0 Å². The lowest BCUT2D eigenvalue weighted by molar-refractivity contribution is 0.140. The first-order valence-electron chi connectivity index (χ1n) is 11.3. The summed E-state index contributed by atoms with van der Waals surface area (Å²) in [7, 11) is 1.67. The van der Waals surface area contributed by atoms with E-state index in [1.54, 1.807) is 25.6 Å². The van der Waals surface area contributed by atoms with Crippen LogP contribution in [0.1, 0.15) is 49.6 Å². The highest BCUT2D eigenvalue weighted by Gasteiger charge is 2.31. The van der Waals surface area contributed by atoms with E-state index >= 15 is 0 Å². The van der Waals surface area contributed by atoms with Crippen molar-refractivity contribution in [3.05, 3.63) is 82.2 Å². The first-order chi connectivity index (χ1) is 16.5. The van der Waals surface area contributed by atoms with E-state index in [0.717, 1.165) is 65.5 Å². The Balaban J connectivity index is 0.00000289. The van der Waals surface area contributed by atoms with E-state index in [1.165, 1.54) is 6.07 Å². The number of methoxy groups -OCH3 is 1. The van der Waals surface area contributed by atoms with E-state index in [2.05, 4.69) is 27.2 Å². The molecule has 0 bridgehead atoms. The fourth-order valence-corrected chi connectivity index (χ4v) is 4.83. The molecule has 6 nitrogen and oxygen atoms in total. The molecule has 0 aliphatic carbocycles. The summed E-state index contributed by atoms with van der Waals surface area (Å²) in [5, 5.41) is 4.61. The monoisotopic (exact) mass is 496 g/mol. The number of imidazole rings is 1. The van der Waals surface area contributed by atoms with E-state index in [0.29, 0.717) is 6.61 Å². The van der Waals surface area contributed by atoms with E-state index in [4.69, 9.17) is 21.2 Å². The fourth-order valence-electron chi connectivity index (χ4n) is 4.64. The van der Waals surface area contributed by atoms with Gasteiger partial charge in [-0.05, 0) is 66.8 Å². The lowest BCUT2D eigenvalue weighted by atomic mass is 9.95. The van der Waals surface area contributed by atoms with Crippen LogP contribution in [0.15, 0.2) is 59.7 Å². The number of nitrogens with zero attached hydrogens (tertiary/aromatic N) is 4. The molecule has 5 rings (SSSR count). The predicted octanol–water partition coefficient (Wildman–Crippen LogP) is 6.57. The number of rotatable bonds is 4. The van der Waals surface area contributed by atoms with Crippen LogP contribution in [0.25, 0.3) is 11.8 Å². The summed E-state index contributed by atoms with van der Waals surface area (Å²) in [5.41, 5.74) is 4.95. The van der Waals surface area contributed by atoms with Crippen LogP contribution in [0.2, 0.25) is 5.02 Å². The van der Waals surface area contributed by atoms with Gasteiger partial charge in [0.1, 0.15) is 18.2 Å². The summed E-state index contributed by atoms with van der Waals surface area (Å²) in [5.74, 6) is 1.17. The van der Waals surface area contributed by atoms with Gasteiger partial charge in [0.15, 0.2) is 5.84 Å². The molecule has 1 atom stereocenters. The fraction of sp³-hybridized carbons (Fsp3) is 0.333. The molecule has 2 aromatic carbocycles. The Morgan fingerprint density at radius 3 is 2.83 bits per heavy atom. The standard InChI is InChI=1S/C26H26ClFN4O2.CH4/c1-17-15-31(16-29-17)24-8-5-18(13-25(24)33-2)12-20-4-3-10-32-23(9-11-34-30-26(20)32)19-6-7-22(28)21(27)14-19;/h5-8,12-16,23H,3-4,9-11H2,1-2H3;1H4/b20-12+;/t23-;/m1./s1. The number of aryl methyl sites for hydroxylation is 1. The lowest BCUT2D eigenvalue weighted by Crippen LogP contribution is -2.39. The molecule has 184 valence electrons. The Labute approximate surface area is 210 Å². The van der Waals surface area contributed by atoms with Crippen molar-refractivity contribution in [1.82, 2.24) is 14.5 Å². The molecule has 0 saturated carbocycles. The van der Waals surface area contributed by atoms with Gasteiger partial charge in [0, 0.05) is 19.2 Å². The number of halogens is 2. The molecule has 8 heteroatoms. The van der Waals surface area contributed by atoms with Gasteiger partial charge in [-0.2, -0.15) is 0 Å². The van der Waals surface area contributed by atoms with Crippen molar-refractivity contribution in [3.8, 4) is 11.4 Å². The highest BCUT2D eigenvalue weighted by atomic mass is 35.5. The molecule has 0 spiro atoms. The van der Waals surface area contributed by atoms with Gasteiger partial charge in [-0.1, -0.05) is 36.3 Å². The molecule has 2 aliphatic heterocycles. The molecule has 3 heterocycles. The average Bonchev–Trinajstić information content (AvgIpc) is 3.15. The molecule has 1 aromatic heterocycles. The summed E-state index contributed by atoms with van der Waals surface area (Å²) >= 11 is 6.09. The van der Waals surface area contributed by atoms with Crippen LogP contribution >= 0.6 is 11.6 Å². The van der Waals surface area contributed by atoms with Crippen LogP contribution in [0.4, 0.5) is 4.39 Å². The van der Waals surface area contributed by atoms with Crippen LogP contribution in [-0.4, -0.2) is 40.5 Å². The molecular weight excluding hydrogens is 467 g/mol. The average molecular weight is 497 g/mol. The van der Waals surface area contributed by atoms with Gasteiger partial charge >= 0.3 is 0 Å². The molecular formula is C27H30ClFN4O2. The number of hydrogen-bond acceptors (Lipinski definition) is 5. The smallest absolute Gasteiger partial charge is 0.171 e. The number of fused-ring (bicyclic) bond motifs is 1. The quantitative estimate of drug-likeness (QED) is 0.410. The molecule has 3 aromatic rings. The van der Waals surface area contributed by atoms with Crippen LogP contribution in [-0.2, 0) is 4.84 Å². The highest BCUT2D eigenvalue weighted by molar-refractivity contribution is 6.30. The number of benzene rings is 2. The molecule has 2 aliphatic rings. The summed E-state index contributed by atoms with van der Waals surface area (Å²) < 4.78 is 21.4. The number of aromatic nitrogens is 2. The summed E-state index contributed by atoms with van der Waals surface area (Å²) in [6.45, 7) is 3.29. The summed E-state index contributed by atoms with van der Waals surface area (Å²) in [4.78, 5) is 12.2. The molecule has 0 amide bonds. The van der Waals surface area contributed by atoms with E-state index in [9.17, 15) is 4.39 Å². The van der Waals surface area contributed by atoms with Gasteiger partial charge in [-0.15, -0.1) is 0 Å². The Bertz CT molecular complexity index is 1270. The van der Waals surface area contributed by atoms with Crippen molar-refractivity contribution in [2.75, 3.05) is 20.3 Å². The minimum atomic E-state index is -0.411. The Kier molecular flexibility index (Phi) is 7.45. The molecule has 1 saturated heterocycles. The van der Waals surface area contributed by atoms with E-state index < -0.39 is 5.82 Å².